The van der Waals surface area contributed by atoms with Gasteiger partial charge in [-0.05, 0) is 89.0 Å². The van der Waals surface area contributed by atoms with Crippen molar-refractivity contribution in [3.63, 3.8) is 0 Å². The van der Waals surface area contributed by atoms with Crippen LogP contribution in [0.4, 0.5) is 0 Å². The minimum Gasteiger partial charge on any atom is -0.464 e. The van der Waals surface area contributed by atoms with Crippen LogP contribution in [0, 0.1) is 0 Å². The molecule has 0 atom stereocenters. The molecule has 0 amide bonds. The quantitative estimate of drug-likeness (QED) is 0.188. The van der Waals surface area contributed by atoms with Gasteiger partial charge in [-0.25, -0.2) is 9.97 Å². The van der Waals surface area contributed by atoms with Gasteiger partial charge in [0.15, 0.2) is 0 Å². The molecule has 10 rings (SSSR count). The molecule has 0 aliphatic heterocycles. The number of fused-ring (bicyclic) bond motifs is 8. The Morgan fingerprint density at radius 1 is 0.404 bits per heavy atom. The van der Waals surface area contributed by atoms with E-state index in [1.165, 1.54) is 0 Å². The Balaban J connectivity index is 1.26. The number of hydrogen-bond donors (Lipinski definition) is 0. The molecule has 0 unspecified atom stereocenters. The van der Waals surface area contributed by atoms with Crippen molar-refractivity contribution in [2.45, 2.75) is 0 Å². The topological polar surface area (TPSA) is 48.8 Å². The molecule has 3 heterocycles. The van der Waals surface area contributed by atoms with Gasteiger partial charge in [0, 0.05) is 33.3 Å². The highest BCUT2D eigenvalue weighted by molar-refractivity contribution is 6.24. The summed E-state index contributed by atoms with van der Waals surface area (Å²) in [4.78, 5) is 10.3. The monoisotopic (exact) mass is 602 g/mol. The van der Waals surface area contributed by atoms with Crippen molar-refractivity contribution in [2.75, 3.05) is 0 Å². The maximum atomic E-state index is 6.12. The first-order valence-corrected chi connectivity index (χ1v) is 15.8. The van der Waals surface area contributed by atoms with Gasteiger partial charge < -0.3 is 4.42 Å². The number of furan rings is 1. The van der Waals surface area contributed by atoms with Gasteiger partial charge in [0.05, 0.1) is 28.3 Å². The Labute approximate surface area is 269 Å². The molecule has 0 aliphatic carbocycles. The highest BCUT2D eigenvalue weighted by Crippen LogP contribution is 2.40. The summed E-state index contributed by atoms with van der Waals surface area (Å²) in [6.45, 7) is 0. The second-order valence-electron chi connectivity index (χ2n) is 11.9. The van der Waals surface area contributed by atoms with Crippen LogP contribution in [-0.2, 0) is 0 Å². The van der Waals surface area contributed by atoms with Crippen molar-refractivity contribution >= 4 is 54.6 Å². The lowest BCUT2D eigenvalue weighted by Gasteiger charge is -2.13. The van der Waals surface area contributed by atoms with Crippen LogP contribution in [0.25, 0.3) is 88.7 Å². The van der Waals surface area contributed by atoms with Gasteiger partial charge >= 0.3 is 0 Å². The summed E-state index contributed by atoms with van der Waals surface area (Å²) >= 11 is 0. The lowest BCUT2D eigenvalue weighted by Crippen LogP contribution is -1.98. The first kappa shape index (κ1) is 25.8. The Morgan fingerprint density at radius 2 is 0.872 bits per heavy atom. The van der Waals surface area contributed by atoms with Crippen LogP contribution < -0.4 is 0 Å². The third kappa shape index (κ3) is 3.90. The number of hydrogen-bond acceptors (Lipinski definition) is 3. The van der Waals surface area contributed by atoms with Gasteiger partial charge in [-0.15, -0.1) is 0 Å². The fraction of sp³-hybridized carbons (Fsp3) is 0. The fourth-order valence-electron chi connectivity index (χ4n) is 7.09. The van der Waals surface area contributed by atoms with E-state index >= 15 is 0 Å². The Hall–Kier alpha value is -6.46. The summed E-state index contributed by atoms with van der Waals surface area (Å²) in [5, 5.41) is 5.55. The Morgan fingerprint density at radius 3 is 1.45 bits per heavy atom. The van der Waals surface area contributed by atoms with E-state index in [0.717, 1.165) is 88.7 Å². The molecule has 10 aromatic rings. The maximum absolute atomic E-state index is 6.12. The van der Waals surface area contributed by atoms with Gasteiger partial charge in [-0.2, -0.15) is 0 Å². The predicted molar refractivity (Wildman–Crippen MR) is 191 cm³/mol. The largest absolute Gasteiger partial charge is 0.464 e. The number of rotatable bonds is 4. The Bertz CT molecular complexity index is 2600. The lowest BCUT2D eigenvalue weighted by atomic mass is 9.95. The van der Waals surface area contributed by atoms with E-state index in [0.29, 0.717) is 0 Å². The van der Waals surface area contributed by atoms with E-state index < -0.39 is 0 Å². The molecule has 0 bridgehead atoms. The van der Waals surface area contributed by atoms with Crippen LogP contribution in [0.15, 0.2) is 162 Å². The maximum Gasteiger partial charge on any atom is 0.145 e. The Kier molecular flexibility index (Phi) is 5.51. The highest BCUT2D eigenvalue weighted by atomic mass is 16.3. The molecule has 47 heavy (non-hydrogen) atoms. The molecule has 5 heteroatoms. The van der Waals surface area contributed by atoms with Crippen molar-refractivity contribution in [3.05, 3.63) is 158 Å². The second kappa shape index (κ2) is 10.0. The van der Waals surface area contributed by atoms with E-state index in [1.54, 1.807) is 6.26 Å². The average Bonchev–Trinajstić information content (AvgIpc) is 3.88. The molecule has 220 valence electrons. The number of benzene rings is 7. The van der Waals surface area contributed by atoms with Gasteiger partial charge in [0.1, 0.15) is 17.2 Å². The summed E-state index contributed by atoms with van der Waals surface area (Å²) in [5.74, 6) is 1.80. The van der Waals surface area contributed by atoms with Gasteiger partial charge in [-0.1, -0.05) is 78.9 Å². The molecule has 0 aliphatic rings. The minimum absolute atomic E-state index is 0.889. The SMILES string of the molecule is c1ccc(-n2c(-c3ccc4c(c3)c3cc(-c5nc6ccccc6n5-c5ccccc5)ccc3c3occc43)nc3ccccc32)cc1. The van der Waals surface area contributed by atoms with Crippen molar-refractivity contribution in [2.24, 2.45) is 0 Å². The summed E-state index contributed by atoms with van der Waals surface area (Å²) in [6, 6.07) is 52.9. The predicted octanol–water partition coefficient (Wildman–Crippen LogP) is 10.8. The summed E-state index contributed by atoms with van der Waals surface area (Å²) in [6.07, 6.45) is 1.79. The zero-order valence-corrected chi connectivity index (χ0v) is 25.2. The fourth-order valence-corrected chi connectivity index (χ4v) is 7.09. The lowest BCUT2D eigenvalue weighted by molar-refractivity contribution is 0.619. The van der Waals surface area contributed by atoms with Crippen molar-refractivity contribution in [1.82, 2.24) is 19.1 Å². The molecule has 0 fully saturated rings. The van der Waals surface area contributed by atoms with Crippen LogP contribution in [-0.4, -0.2) is 19.1 Å². The molecular weight excluding hydrogens is 576 g/mol. The third-order valence-electron chi connectivity index (χ3n) is 9.20. The van der Waals surface area contributed by atoms with Gasteiger partial charge in [0.25, 0.3) is 0 Å². The summed E-state index contributed by atoms with van der Waals surface area (Å²) in [5.41, 5.74) is 9.19. The standard InChI is InChI=1S/C42H26N4O/c1-3-11-29(12-4-1)45-38-17-9-7-15-36(38)43-41(45)27-19-21-31-33-23-24-47-40(33)32-22-20-28(26-35(32)34(31)25-27)42-44-37-16-8-10-18-39(37)46(42)30-13-5-2-6-14-30/h1-26H. The smallest absolute Gasteiger partial charge is 0.145 e. The van der Waals surface area contributed by atoms with Crippen molar-refractivity contribution < 1.29 is 4.42 Å². The summed E-state index contributed by atoms with van der Waals surface area (Å²) < 4.78 is 10.6. The minimum atomic E-state index is 0.889. The zero-order chi connectivity index (χ0) is 30.9. The normalized spacial score (nSPS) is 11.8. The number of nitrogens with zero attached hydrogens (tertiary/aromatic N) is 4. The van der Waals surface area contributed by atoms with Crippen LogP contribution in [0.3, 0.4) is 0 Å². The van der Waals surface area contributed by atoms with Crippen LogP contribution in [0.1, 0.15) is 0 Å². The molecule has 0 spiro atoms. The van der Waals surface area contributed by atoms with Crippen LogP contribution >= 0.6 is 0 Å². The van der Waals surface area contributed by atoms with Crippen LogP contribution in [0.2, 0.25) is 0 Å². The van der Waals surface area contributed by atoms with Crippen molar-refractivity contribution in [1.29, 1.82) is 0 Å². The van der Waals surface area contributed by atoms with Gasteiger partial charge in [-0.3, -0.25) is 9.13 Å². The van der Waals surface area contributed by atoms with Crippen LogP contribution in [0.5, 0.6) is 0 Å². The molecular formula is C42H26N4O. The zero-order valence-electron chi connectivity index (χ0n) is 25.2. The second-order valence-corrected chi connectivity index (χ2v) is 11.9. The molecule has 0 radical (unpaired) electrons. The molecule has 0 saturated heterocycles. The van der Waals surface area contributed by atoms with E-state index in [1.807, 2.05) is 24.3 Å². The van der Waals surface area contributed by atoms with E-state index in [2.05, 4.69) is 137 Å². The first-order chi connectivity index (χ1) is 23.3. The van der Waals surface area contributed by atoms with Crippen molar-refractivity contribution in [3.8, 4) is 34.2 Å². The highest BCUT2D eigenvalue weighted by Gasteiger charge is 2.19. The molecule has 3 aromatic heterocycles. The molecule has 7 aromatic carbocycles. The van der Waals surface area contributed by atoms with E-state index in [9.17, 15) is 0 Å². The molecule has 0 saturated carbocycles. The number of para-hydroxylation sites is 6. The summed E-state index contributed by atoms with van der Waals surface area (Å²) in [7, 11) is 0. The average molecular weight is 603 g/mol. The van der Waals surface area contributed by atoms with Gasteiger partial charge in [0.2, 0.25) is 0 Å². The molecule has 5 nitrogen and oxygen atoms in total. The van der Waals surface area contributed by atoms with E-state index in [-0.39, 0.29) is 0 Å². The van der Waals surface area contributed by atoms with E-state index in [4.69, 9.17) is 14.4 Å². The third-order valence-corrected chi connectivity index (χ3v) is 9.20. The first-order valence-electron chi connectivity index (χ1n) is 15.8. The number of aromatic nitrogens is 4. The molecule has 0 N–H and O–H groups in total. The number of imidazole rings is 2.